The second-order valence-electron chi connectivity index (χ2n) is 7.54. The van der Waals surface area contributed by atoms with E-state index < -0.39 is 32.3 Å². The van der Waals surface area contributed by atoms with Gasteiger partial charge < -0.3 is 0 Å². The number of aryl methyl sites for hydroxylation is 2. The molecule has 4 nitrogen and oxygen atoms in total. The van der Waals surface area contributed by atoms with Gasteiger partial charge in [-0.05, 0) is 48.9 Å². The Bertz CT molecular complexity index is 1050. The lowest BCUT2D eigenvalue weighted by Crippen LogP contribution is -2.35. The summed E-state index contributed by atoms with van der Waals surface area (Å²) in [5, 5.41) is -0.457. The van der Waals surface area contributed by atoms with Crippen molar-refractivity contribution in [3.8, 4) is 0 Å². The third kappa shape index (κ3) is 7.73. The summed E-state index contributed by atoms with van der Waals surface area (Å²) in [6.07, 6.45) is 2.74. The van der Waals surface area contributed by atoms with E-state index >= 15 is 0 Å². The Labute approximate surface area is 187 Å². The molecule has 0 aliphatic rings. The van der Waals surface area contributed by atoms with Gasteiger partial charge in [-0.25, -0.2) is 0 Å². The second-order valence-corrected chi connectivity index (χ2v) is 10.8. The van der Waals surface area contributed by atoms with Crippen LogP contribution < -0.4 is 0 Å². The molecule has 0 heterocycles. The van der Waals surface area contributed by atoms with Crippen LogP contribution in [0.1, 0.15) is 24.0 Å². The summed E-state index contributed by atoms with van der Waals surface area (Å²) in [5.41, 5.74) is 2.22. The summed E-state index contributed by atoms with van der Waals surface area (Å²) in [6, 6.07) is 29.0. The van der Waals surface area contributed by atoms with E-state index in [1.165, 1.54) is 0 Å². The molecule has 3 rings (SSSR count). The molecule has 0 spiro atoms. The topological polar surface area (TPSA) is 60.4 Å². The Kier molecular flexibility index (Phi) is 8.58. The van der Waals surface area contributed by atoms with Gasteiger partial charge in [-0.15, -0.1) is 0 Å². The average molecular weight is 457 g/mol. The molecule has 164 valence electrons. The Morgan fingerprint density at radius 3 is 1.68 bits per heavy atom. The van der Waals surface area contributed by atoms with Crippen LogP contribution in [0.4, 0.5) is 0 Å². The molecule has 0 radical (unpaired) electrons. The van der Waals surface area contributed by atoms with Crippen molar-refractivity contribution in [1.82, 2.24) is 0 Å². The van der Waals surface area contributed by atoms with Crippen LogP contribution in [0.25, 0.3) is 0 Å². The summed E-state index contributed by atoms with van der Waals surface area (Å²) < 4.78 is 43.2. The fraction of sp³-hybridized carbons (Fsp3) is 0.280. The molecule has 0 amide bonds. The molecule has 0 saturated carbocycles. The SMILES string of the molecule is CS(=O)(=O)O[C@@H](CCc1ccccc1)[C@@H](CCc1ccccc1)S(=O)c1ccccc1. The van der Waals surface area contributed by atoms with Crippen molar-refractivity contribution in [1.29, 1.82) is 0 Å². The normalized spacial score (nSPS) is 14.6. The minimum atomic E-state index is -3.71. The third-order valence-electron chi connectivity index (χ3n) is 5.08. The lowest BCUT2D eigenvalue weighted by atomic mass is 10.0. The molecule has 0 bridgehead atoms. The lowest BCUT2D eigenvalue weighted by molar-refractivity contribution is 0.192. The summed E-state index contributed by atoms with van der Waals surface area (Å²) in [4.78, 5) is 0.683. The van der Waals surface area contributed by atoms with Crippen molar-refractivity contribution in [3.63, 3.8) is 0 Å². The van der Waals surface area contributed by atoms with E-state index in [-0.39, 0.29) is 0 Å². The predicted octanol–water partition coefficient (Wildman–Crippen LogP) is 4.77. The first-order valence-corrected chi connectivity index (χ1v) is 13.4. The van der Waals surface area contributed by atoms with Gasteiger partial charge >= 0.3 is 0 Å². The van der Waals surface area contributed by atoms with Crippen molar-refractivity contribution >= 4 is 20.9 Å². The first-order chi connectivity index (χ1) is 14.9. The molecule has 3 aromatic rings. The average Bonchev–Trinajstić information content (AvgIpc) is 2.78. The fourth-order valence-corrected chi connectivity index (χ4v) is 5.91. The van der Waals surface area contributed by atoms with E-state index in [4.69, 9.17) is 4.18 Å². The summed E-state index contributed by atoms with van der Waals surface area (Å²) in [6.45, 7) is 0. The molecule has 1 unspecified atom stereocenters. The van der Waals surface area contributed by atoms with Crippen LogP contribution in [0.3, 0.4) is 0 Å². The number of hydrogen-bond donors (Lipinski definition) is 0. The predicted molar refractivity (Wildman–Crippen MR) is 126 cm³/mol. The maximum atomic E-state index is 13.5. The highest BCUT2D eigenvalue weighted by atomic mass is 32.2. The Balaban J connectivity index is 1.87. The van der Waals surface area contributed by atoms with E-state index in [9.17, 15) is 12.6 Å². The summed E-state index contributed by atoms with van der Waals surface area (Å²) in [7, 11) is -5.11. The zero-order valence-electron chi connectivity index (χ0n) is 17.6. The van der Waals surface area contributed by atoms with Gasteiger partial charge in [0.2, 0.25) is 0 Å². The van der Waals surface area contributed by atoms with Gasteiger partial charge in [-0.1, -0.05) is 78.9 Å². The standard InChI is InChI=1S/C25H28O4S2/c1-31(27,28)29-24(19-17-21-11-5-2-6-12-21)25(20-18-22-13-7-3-8-14-22)30(26)23-15-9-4-10-16-23/h2-16,24-25H,17-20H2,1H3/t24-,25+,30?/m0/s1. The molecule has 31 heavy (non-hydrogen) atoms. The van der Waals surface area contributed by atoms with Gasteiger partial charge in [0.25, 0.3) is 10.1 Å². The Hall–Kier alpha value is -2.28. The monoisotopic (exact) mass is 456 g/mol. The van der Waals surface area contributed by atoms with Crippen LogP contribution >= 0.6 is 0 Å². The minimum absolute atomic E-state index is 0.457. The number of hydrogen-bond acceptors (Lipinski definition) is 4. The van der Waals surface area contributed by atoms with E-state index in [1.807, 2.05) is 91.0 Å². The molecule has 3 atom stereocenters. The largest absolute Gasteiger partial charge is 0.266 e. The zero-order valence-corrected chi connectivity index (χ0v) is 19.2. The number of rotatable bonds is 11. The maximum Gasteiger partial charge on any atom is 0.264 e. The number of benzene rings is 3. The van der Waals surface area contributed by atoms with E-state index in [2.05, 4.69) is 0 Å². The fourth-order valence-electron chi connectivity index (χ4n) is 3.59. The van der Waals surface area contributed by atoms with Gasteiger partial charge in [0.15, 0.2) is 0 Å². The van der Waals surface area contributed by atoms with Gasteiger partial charge in [-0.2, -0.15) is 8.42 Å². The first kappa shape index (κ1) is 23.4. The van der Waals surface area contributed by atoms with Crippen molar-refractivity contribution < 1.29 is 16.8 Å². The smallest absolute Gasteiger partial charge is 0.264 e. The van der Waals surface area contributed by atoms with Crippen LogP contribution in [-0.4, -0.2) is 30.2 Å². The highest BCUT2D eigenvalue weighted by Crippen LogP contribution is 2.25. The molecular formula is C25H28O4S2. The van der Waals surface area contributed by atoms with Gasteiger partial charge in [0, 0.05) is 4.90 Å². The van der Waals surface area contributed by atoms with Crippen LogP contribution in [0.2, 0.25) is 0 Å². The van der Waals surface area contributed by atoms with Crippen LogP contribution in [0, 0.1) is 0 Å². The first-order valence-electron chi connectivity index (χ1n) is 10.3. The summed E-state index contributed by atoms with van der Waals surface area (Å²) >= 11 is 0. The quantitative estimate of drug-likeness (QED) is 0.390. The highest BCUT2D eigenvalue weighted by molar-refractivity contribution is 7.86. The molecular weight excluding hydrogens is 428 g/mol. The third-order valence-corrected chi connectivity index (χ3v) is 7.51. The second kappa shape index (κ2) is 11.4. The van der Waals surface area contributed by atoms with Gasteiger partial charge in [-0.3, -0.25) is 8.39 Å². The van der Waals surface area contributed by atoms with Crippen molar-refractivity contribution in [2.45, 2.75) is 41.9 Å². The molecule has 6 heteroatoms. The van der Waals surface area contributed by atoms with Crippen LogP contribution in [0.15, 0.2) is 95.9 Å². The van der Waals surface area contributed by atoms with E-state index in [0.29, 0.717) is 30.6 Å². The molecule has 0 N–H and O–H groups in total. The van der Waals surface area contributed by atoms with Crippen molar-refractivity contribution in [2.75, 3.05) is 6.26 Å². The molecule has 0 saturated heterocycles. The minimum Gasteiger partial charge on any atom is -0.266 e. The lowest BCUT2D eigenvalue weighted by Gasteiger charge is -2.26. The Morgan fingerprint density at radius 1 is 0.742 bits per heavy atom. The Morgan fingerprint density at radius 2 is 1.19 bits per heavy atom. The molecule has 0 fully saturated rings. The maximum absolute atomic E-state index is 13.5. The van der Waals surface area contributed by atoms with Crippen molar-refractivity contribution in [3.05, 3.63) is 102 Å². The van der Waals surface area contributed by atoms with Crippen molar-refractivity contribution in [2.24, 2.45) is 0 Å². The van der Waals surface area contributed by atoms with Gasteiger partial charge in [0.05, 0.1) is 28.4 Å². The van der Waals surface area contributed by atoms with E-state index in [0.717, 1.165) is 17.4 Å². The molecule has 3 aromatic carbocycles. The molecule has 0 aliphatic carbocycles. The zero-order chi connectivity index (χ0) is 22.1. The van der Waals surface area contributed by atoms with Crippen LogP contribution in [0.5, 0.6) is 0 Å². The van der Waals surface area contributed by atoms with Crippen LogP contribution in [-0.2, 0) is 37.9 Å². The molecule has 0 aromatic heterocycles. The highest BCUT2D eigenvalue weighted by Gasteiger charge is 2.31. The van der Waals surface area contributed by atoms with Gasteiger partial charge in [0.1, 0.15) is 0 Å². The molecule has 0 aliphatic heterocycles. The summed E-state index contributed by atoms with van der Waals surface area (Å²) in [5.74, 6) is 0. The van der Waals surface area contributed by atoms with E-state index in [1.54, 1.807) is 0 Å².